The van der Waals surface area contributed by atoms with Gasteiger partial charge in [0, 0.05) is 36.7 Å². The first kappa shape index (κ1) is 15.9. The standard InChI is InChI=1S/C13H23N3O2S/c1-9(7-17)11(3)16-13(18)14-6-4-5-12-15-10(2)8-19-12/h8-9,11,17H,4-7H2,1-3H3,(H2,14,16,18). The van der Waals surface area contributed by atoms with Crippen LogP contribution in [-0.4, -0.2) is 35.3 Å². The number of hydrogen-bond acceptors (Lipinski definition) is 4. The maximum Gasteiger partial charge on any atom is 0.315 e. The molecule has 1 heterocycles. The molecule has 1 rings (SSSR count). The van der Waals surface area contributed by atoms with E-state index in [0.717, 1.165) is 23.5 Å². The summed E-state index contributed by atoms with van der Waals surface area (Å²) in [5, 5.41) is 17.8. The second-order valence-corrected chi connectivity index (χ2v) is 5.78. The largest absolute Gasteiger partial charge is 0.396 e. The molecule has 3 N–H and O–H groups in total. The summed E-state index contributed by atoms with van der Waals surface area (Å²) >= 11 is 1.66. The molecule has 0 saturated carbocycles. The van der Waals surface area contributed by atoms with Crippen LogP contribution in [0.1, 0.15) is 31.0 Å². The minimum atomic E-state index is -0.178. The topological polar surface area (TPSA) is 74.2 Å². The number of carbonyl (C=O) groups excluding carboxylic acids is 1. The average Bonchev–Trinajstić information content (AvgIpc) is 2.79. The van der Waals surface area contributed by atoms with Gasteiger partial charge in [-0.2, -0.15) is 0 Å². The van der Waals surface area contributed by atoms with E-state index in [1.54, 1.807) is 11.3 Å². The van der Waals surface area contributed by atoms with Gasteiger partial charge in [0.15, 0.2) is 0 Å². The molecular formula is C13H23N3O2S. The molecule has 108 valence electrons. The summed E-state index contributed by atoms with van der Waals surface area (Å²) in [6.07, 6.45) is 1.77. The van der Waals surface area contributed by atoms with Crippen LogP contribution in [-0.2, 0) is 6.42 Å². The molecule has 1 aromatic rings. The lowest BCUT2D eigenvalue weighted by atomic mass is 10.1. The van der Waals surface area contributed by atoms with Crippen LogP contribution in [0, 0.1) is 12.8 Å². The van der Waals surface area contributed by atoms with E-state index < -0.39 is 0 Å². The molecular weight excluding hydrogens is 262 g/mol. The highest BCUT2D eigenvalue weighted by molar-refractivity contribution is 7.09. The van der Waals surface area contributed by atoms with Crippen molar-refractivity contribution in [1.82, 2.24) is 15.6 Å². The lowest BCUT2D eigenvalue weighted by Crippen LogP contribution is -2.44. The molecule has 0 aliphatic heterocycles. The number of aliphatic hydroxyl groups is 1. The molecule has 1 aromatic heterocycles. The number of aromatic nitrogens is 1. The van der Waals surface area contributed by atoms with Crippen molar-refractivity contribution in [3.63, 3.8) is 0 Å². The Morgan fingerprint density at radius 3 is 2.84 bits per heavy atom. The molecule has 2 atom stereocenters. The minimum Gasteiger partial charge on any atom is -0.396 e. The van der Waals surface area contributed by atoms with Crippen molar-refractivity contribution < 1.29 is 9.90 Å². The van der Waals surface area contributed by atoms with Crippen molar-refractivity contribution in [3.8, 4) is 0 Å². The number of amides is 2. The zero-order valence-corrected chi connectivity index (χ0v) is 12.6. The van der Waals surface area contributed by atoms with Gasteiger partial charge in [-0.1, -0.05) is 6.92 Å². The van der Waals surface area contributed by atoms with Gasteiger partial charge in [0.05, 0.1) is 5.01 Å². The van der Waals surface area contributed by atoms with E-state index in [2.05, 4.69) is 15.6 Å². The number of nitrogens with zero attached hydrogens (tertiary/aromatic N) is 1. The Bertz CT molecular complexity index is 395. The normalized spacial score (nSPS) is 13.9. The monoisotopic (exact) mass is 285 g/mol. The van der Waals surface area contributed by atoms with Gasteiger partial charge >= 0.3 is 6.03 Å². The third-order valence-corrected chi connectivity index (χ3v) is 4.05. The summed E-state index contributed by atoms with van der Waals surface area (Å²) in [6.45, 7) is 6.47. The van der Waals surface area contributed by atoms with E-state index in [-0.39, 0.29) is 24.6 Å². The van der Waals surface area contributed by atoms with Gasteiger partial charge < -0.3 is 15.7 Å². The van der Waals surface area contributed by atoms with E-state index in [0.29, 0.717) is 6.54 Å². The quantitative estimate of drug-likeness (QED) is 0.668. The first-order chi connectivity index (χ1) is 9.02. The van der Waals surface area contributed by atoms with Crippen LogP contribution in [0.4, 0.5) is 4.79 Å². The van der Waals surface area contributed by atoms with E-state index in [9.17, 15) is 4.79 Å². The fraction of sp³-hybridized carbons (Fsp3) is 0.692. The lowest BCUT2D eigenvalue weighted by Gasteiger charge is -2.19. The molecule has 0 saturated heterocycles. The Kier molecular flexibility index (Phi) is 6.80. The fourth-order valence-electron chi connectivity index (χ4n) is 1.52. The zero-order chi connectivity index (χ0) is 14.3. The van der Waals surface area contributed by atoms with E-state index in [1.807, 2.05) is 26.2 Å². The minimum absolute atomic E-state index is 0.0355. The van der Waals surface area contributed by atoms with Crippen molar-refractivity contribution >= 4 is 17.4 Å². The SMILES string of the molecule is Cc1csc(CCCNC(=O)NC(C)C(C)CO)n1. The summed E-state index contributed by atoms with van der Waals surface area (Å²) in [7, 11) is 0. The highest BCUT2D eigenvalue weighted by Gasteiger charge is 2.13. The average molecular weight is 285 g/mol. The van der Waals surface area contributed by atoms with E-state index >= 15 is 0 Å². The summed E-state index contributed by atoms with van der Waals surface area (Å²) in [5.74, 6) is 0.0593. The number of thiazole rings is 1. The predicted molar refractivity (Wildman–Crippen MR) is 77.4 cm³/mol. The number of urea groups is 1. The molecule has 0 bridgehead atoms. The second-order valence-electron chi connectivity index (χ2n) is 4.83. The van der Waals surface area contributed by atoms with Crippen LogP contribution in [0.5, 0.6) is 0 Å². The maximum absolute atomic E-state index is 11.6. The Morgan fingerprint density at radius 1 is 1.53 bits per heavy atom. The van der Waals surface area contributed by atoms with Gasteiger partial charge in [-0.25, -0.2) is 9.78 Å². The molecule has 0 aliphatic carbocycles. The smallest absolute Gasteiger partial charge is 0.315 e. The Hall–Kier alpha value is -1.14. The molecule has 6 heteroatoms. The van der Waals surface area contributed by atoms with Crippen molar-refractivity contribution in [2.24, 2.45) is 5.92 Å². The molecule has 0 radical (unpaired) electrons. The molecule has 2 amide bonds. The van der Waals surface area contributed by atoms with E-state index in [1.165, 1.54) is 0 Å². The highest BCUT2D eigenvalue weighted by Crippen LogP contribution is 2.10. The number of aliphatic hydroxyl groups excluding tert-OH is 1. The Labute approximate surface area is 118 Å². The predicted octanol–water partition coefficient (Wildman–Crippen LogP) is 1.70. The first-order valence-corrected chi connectivity index (χ1v) is 7.47. The van der Waals surface area contributed by atoms with Crippen molar-refractivity contribution in [2.45, 2.75) is 39.7 Å². The molecule has 0 spiro atoms. The van der Waals surface area contributed by atoms with Gasteiger partial charge in [-0.15, -0.1) is 11.3 Å². The fourth-order valence-corrected chi connectivity index (χ4v) is 2.34. The Balaban J connectivity index is 2.13. The summed E-state index contributed by atoms with van der Waals surface area (Å²) in [5.41, 5.74) is 1.05. The molecule has 2 unspecified atom stereocenters. The molecule has 19 heavy (non-hydrogen) atoms. The van der Waals surface area contributed by atoms with Crippen molar-refractivity contribution in [1.29, 1.82) is 0 Å². The number of carbonyl (C=O) groups is 1. The van der Waals surface area contributed by atoms with Gasteiger partial charge in [0.1, 0.15) is 0 Å². The highest BCUT2D eigenvalue weighted by atomic mass is 32.1. The van der Waals surface area contributed by atoms with Gasteiger partial charge in [-0.05, 0) is 26.2 Å². The van der Waals surface area contributed by atoms with Crippen LogP contribution in [0.15, 0.2) is 5.38 Å². The third kappa shape index (κ3) is 6.02. The summed E-state index contributed by atoms with van der Waals surface area (Å²) in [4.78, 5) is 15.9. The molecule has 0 aromatic carbocycles. The van der Waals surface area contributed by atoms with Crippen LogP contribution in [0.25, 0.3) is 0 Å². The molecule has 0 fully saturated rings. The van der Waals surface area contributed by atoms with Crippen molar-refractivity contribution in [2.75, 3.05) is 13.2 Å². The second kappa shape index (κ2) is 8.12. The van der Waals surface area contributed by atoms with E-state index in [4.69, 9.17) is 5.11 Å². The lowest BCUT2D eigenvalue weighted by molar-refractivity contribution is 0.200. The zero-order valence-electron chi connectivity index (χ0n) is 11.8. The van der Waals surface area contributed by atoms with Gasteiger partial charge in [0.25, 0.3) is 0 Å². The van der Waals surface area contributed by atoms with Crippen LogP contribution < -0.4 is 10.6 Å². The van der Waals surface area contributed by atoms with Gasteiger partial charge in [0.2, 0.25) is 0 Å². The Morgan fingerprint density at radius 2 is 2.26 bits per heavy atom. The number of aryl methyl sites for hydroxylation is 2. The maximum atomic E-state index is 11.6. The number of hydrogen-bond donors (Lipinski definition) is 3. The number of nitrogens with one attached hydrogen (secondary N) is 2. The van der Waals surface area contributed by atoms with Crippen LogP contribution >= 0.6 is 11.3 Å². The number of rotatable bonds is 7. The first-order valence-electron chi connectivity index (χ1n) is 6.59. The van der Waals surface area contributed by atoms with Gasteiger partial charge in [-0.3, -0.25) is 0 Å². The summed E-state index contributed by atoms with van der Waals surface area (Å²) in [6, 6.07) is -0.213. The molecule has 0 aliphatic rings. The van der Waals surface area contributed by atoms with Crippen molar-refractivity contribution in [3.05, 3.63) is 16.1 Å². The third-order valence-electron chi connectivity index (χ3n) is 3.02. The molecule has 5 nitrogen and oxygen atoms in total. The summed E-state index contributed by atoms with van der Waals surface area (Å²) < 4.78 is 0. The van der Waals surface area contributed by atoms with Crippen LogP contribution in [0.3, 0.4) is 0 Å². The van der Waals surface area contributed by atoms with Crippen LogP contribution in [0.2, 0.25) is 0 Å².